The number of benzene rings is 2. The van der Waals surface area contributed by atoms with Crippen LogP contribution in [0.1, 0.15) is 22.0 Å². The number of carbonyl (C=O) groups excluding carboxylic acids is 1. The smallest absolute Gasteiger partial charge is 0.255 e. The predicted molar refractivity (Wildman–Crippen MR) is 86.4 cm³/mol. The molecule has 0 bridgehead atoms. The van der Waals surface area contributed by atoms with Gasteiger partial charge in [0.05, 0.1) is 30.3 Å². The minimum atomic E-state index is -0.449. The number of halogens is 1. The number of carbonyl (C=O) groups is 1. The van der Waals surface area contributed by atoms with Crippen molar-refractivity contribution < 1.29 is 14.6 Å². The molecule has 0 heterocycles. The lowest BCUT2D eigenvalue weighted by Gasteiger charge is -2.27. The maximum Gasteiger partial charge on any atom is 0.255 e. The average molecular weight is 320 g/mol. The Hall–Kier alpha value is -2.04. The number of amides is 1. The topological polar surface area (TPSA) is 49.8 Å². The first-order valence-electron chi connectivity index (χ1n) is 6.85. The molecule has 0 aromatic heterocycles. The highest BCUT2D eigenvalue weighted by Gasteiger charge is 2.23. The van der Waals surface area contributed by atoms with Gasteiger partial charge in [0.1, 0.15) is 5.75 Å². The Kier molecular flexibility index (Phi) is 5.41. The number of ether oxygens (including phenoxy) is 1. The molecule has 4 nitrogen and oxygen atoms in total. The van der Waals surface area contributed by atoms with E-state index in [4.69, 9.17) is 16.3 Å². The van der Waals surface area contributed by atoms with E-state index in [0.29, 0.717) is 10.6 Å². The van der Waals surface area contributed by atoms with Crippen molar-refractivity contribution in [1.82, 2.24) is 4.90 Å². The summed E-state index contributed by atoms with van der Waals surface area (Å²) >= 11 is 6.07. The summed E-state index contributed by atoms with van der Waals surface area (Å²) in [7, 11) is 3.24. The molecule has 1 atom stereocenters. The van der Waals surface area contributed by atoms with Crippen molar-refractivity contribution in [2.75, 3.05) is 20.8 Å². The third-order valence-electron chi connectivity index (χ3n) is 3.57. The van der Waals surface area contributed by atoms with Crippen molar-refractivity contribution in [3.8, 4) is 5.75 Å². The van der Waals surface area contributed by atoms with Gasteiger partial charge in [-0.25, -0.2) is 0 Å². The van der Waals surface area contributed by atoms with E-state index in [1.54, 1.807) is 50.6 Å². The normalized spacial score (nSPS) is 11.8. The van der Waals surface area contributed by atoms with Crippen LogP contribution in [0, 0.1) is 0 Å². The lowest BCUT2D eigenvalue weighted by atomic mass is 10.0. The molecule has 0 fully saturated rings. The molecule has 1 unspecified atom stereocenters. The molecule has 2 aromatic rings. The zero-order valence-corrected chi connectivity index (χ0v) is 13.2. The van der Waals surface area contributed by atoms with Crippen molar-refractivity contribution in [3.63, 3.8) is 0 Å². The van der Waals surface area contributed by atoms with Crippen LogP contribution >= 0.6 is 11.6 Å². The SMILES string of the molecule is COc1ccc(C(CO)N(C)C(=O)c2ccccc2Cl)cc1. The molecule has 1 amide bonds. The third kappa shape index (κ3) is 3.40. The molecule has 0 radical (unpaired) electrons. The first kappa shape index (κ1) is 16.3. The molecule has 22 heavy (non-hydrogen) atoms. The minimum absolute atomic E-state index is 0.182. The van der Waals surface area contributed by atoms with Crippen molar-refractivity contribution in [2.45, 2.75) is 6.04 Å². The van der Waals surface area contributed by atoms with Crippen LogP contribution in [0.5, 0.6) is 5.75 Å². The van der Waals surface area contributed by atoms with Gasteiger partial charge in [-0.1, -0.05) is 35.9 Å². The molecule has 0 saturated carbocycles. The number of nitrogens with zero attached hydrogens (tertiary/aromatic N) is 1. The third-order valence-corrected chi connectivity index (χ3v) is 3.90. The molecule has 116 valence electrons. The zero-order valence-electron chi connectivity index (χ0n) is 12.5. The second-order valence-corrected chi connectivity index (χ2v) is 5.27. The zero-order chi connectivity index (χ0) is 16.1. The highest BCUT2D eigenvalue weighted by molar-refractivity contribution is 6.33. The Morgan fingerprint density at radius 2 is 1.86 bits per heavy atom. The van der Waals surface area contributed by atoms with Gasteiger partial charge in [0.2, 0.25) is 0 Å². The highest BCUT2D eigenvalue weighted by atomic mass is 35.5. The maximum atomic E-state index is 12.6. The summed E-state index contributed by atoms with van der Waals surface area (Å²) in [6.45, 7) is -0.182. The summed E-state index contributed by atoms with van der Waals surface area (Å²) in [6, 6.07) is 13.7. The molecule has 2 aromatic carbocycles. The van der Waals surface area contributed by atoms with Gasteiger partial charge < -0.3 is 14.7 Å². The van der Waals surface area contributed by atoms with Gasteiger partial charge in [0.25, 0.3) is 5.91 Å². The number of hydrogen-bond acceptors (Lipinski definition) is 3. The van der Waals surface area contributed by atoms with E-state index in [9.17, 15) is 9.90 Å². The Morgan fingerprint density at radius 1 is 1.23 bits per heavy atom. The Labute approximate surface area is 134 Å². The van der Waals surface area contributed by atoms with Crippen LogP contribution in [-0.4, -0.2) is 36.7 Å². The van der Waals surface area contributed by atoms with Gasteiger partial charge in [0.15, 0.2) is 0 Å². The van der Waals surface area contributed by atoms with E-state index < -0.39 is 6.04 Å². The second kappa shape index (κ2) is 7.29. The summed E-state index contributed by atoms with van der Waals surface area (Å²) in [4.78, 5) is 14.1. The molecule has 0 spiro atoms. The van der Waals surface area contributed by atoms with Gasteiger partial charge in [-0.15, -0.1) is 0 Å². The molecule has 1 N–H and O–H groups in total. The fourth-order valence-electron chi connectivity index (χ4n) is 2.24. The van der Waals surface area contributed by atoms with Crippen molar-refractivity contribution >= 4 is 17.5 Å². The van der Waals surface area contributed by atoms with E-state index in [-0.39, 0.29) is 12.5 Å². The number of rotatable bonds is 5. The van der Waals surface area contributed by atoms with Gasteiger partial charge in [-0.3, -0.25) is 4.79 Å². The highest BCUT2D eigenvalue weighted by Crippen LogP contribution is 2.25. The molecule has 2 rings (SSSR count). The Bertz CT molecular complexity index is 643. The molecule has 0 saturated heterocycles. The summed E-state index contributed by atoms with van der Waals surface area (Å²) in [5, 5.41) is 10.1. The first-order chi connectivity index (χ1) is 10.6. The minimum Gasteiger partial charge on any atom is -0.497 e. The lowest BCUT2D eigenvalue weighted by molar-refractivity contribution is 0.0658. The van der Waals surface area contributed by atoms with Crippen molar-refractivity contribution in [2.24, 2.45) is 0 Å². The lowest BCUT2D eigenvalue weighted by Crippen LogP contribution is -2.33. The number of aliphatic hydroxyl groups is 1. The fourth-order valence-corrected chi connectivity index (χ4v) is 2.46. The summed E-state index contributed by atoms with van der Waals surface area (Å²) in [5.41, 5.74) is 1.24. The first-order valence-corrected chi connectivity index (χ1v) is 7.22. The summed E-state index contributed by atoms with van der Waals surface area (Å²) in [5.74, 6) is 0.487. The van der Waals surface area contributed by atoms with Gasteiger partial charge in [-0.2, -0.15) is 0 Å². The summed E-state index contributed by atoms with van der Waals surface area (Å²) < 4.78 is 5.12. The standard InChI is InChI=1S/C17H18ClNO3/c1-19(17(21)14-5-3-4-6-15(14)18)16(11-20)12-7-9-13(22-2)10-8-12/h3-10,16,20H,11H2,1-2H3. The molecule has 5 heteroatoms. The van der Waals surface area contributed by atoms with Crippen LogP contribution in [0.25, 0.3) is 0 Å². The van der Waals surface area contributed by atoms with Gasteiger partial charge >= 0.3 is 0 Å². The Morgan fingerprint density at radius 3 is 2.41 bits per heavy atom. The Balaban J connectivity index is 2.26. The van der Waals surface area contributed by atoms with Gasteiger partial charge in [-0.05, 0) is 29.8 Å². The van der Waals surface area contributed by atoms with Gasteiger partial charge in [0, 0.05) is 7.05 Å². The van der Waals surface area contributed by atoms with Crippen LogP contribution in [0.2, 0.25) is 5.02 Å². The van der Waals surface area contributed by atoms with E-state index in [1.165, 1.54) is 4.90 Å². The number of likely N-dealkylation sites (N-methyl/N-ethyl adjacent to an activating group) is 1. The van der Waals surface area contributed by atoms with Crippen LogP contribution < -0.4 is 4.74 Å². The quantitative estimate of drug-likeness (QED) is 0.921. The largest absolute Gasteiger partial charge is 0.497 e. The van der Waals surface area contributed by atoms with Crippen LogP contribution in [0.3, 0.4) is 0 Å². The van der Waals surface area contributed by atoms with Crippen molar-refractivity contribution in [1.29, 1.82) is 0 Å². The fraction of sp³-hybridized carbons (Fsp3) is 0.235. The van der Waals surface area contributed by atoms with Crippen molar-refractivity contribution in [3.05, 3.63) is 64.7 Å². The maximum absolute atomic E-state index is 12.6. The molecule has 0 aliphatic carbocycles. The van der Waals surface area contributed by atoms with E-state index >= 15 is 0 Å². The van der Waals surface area contributed by atoms with Crippen LogP contribution in [0.15, 0.2) is 48.5 Å². The number of hydrogen-bond donors (Lipinski definition) is 1. The molecular formula is C17H18ClNO3. The van der Waals surface area contributed by atoms with E-state index in [1.807, 2.05) is 12.1 Å². The number of aliphatic hydroxyl groups excluding tert-OH is 1. The molecular weight excluding hydrogens is 302 g/mol. The molecule has 0 aliphatic heterocycles. The average Bonchev–Trinajstić information content (AvgIpc) is 2.56. The van der Waals surface area contributed by atoms with E-state index in [2.05, 4.69) is 0 Å². The van der Waals surface area contributed by atoms with E-state index in [0.717, 1.165) is 11.3 Å². The molecule has 0 aliphatic rings. The number of methoxy groups -OCH3 is 1. The monoisotopic (exact) mass is 319 g/mol. The summed E-state index contributed by atoms with van der Waals surface area (Å²) in [6.07, 6.45) is 0. The second-order valence-electron chi connectivity index (χ2n) is 4.87. The van der Waals surface area contributed by atoms with Crippen LogP contribution in [-0.2, 0) is 0 Å². The predicted octanol–water partition coefficient (Wildman–Crippen LogP) is 3.15. The van der Waals surface area contributed by atoms with Crippen LogP contribution in [0.4, 0.5) is 0 Å².